The molecule has 2 amide bonds. The lowest BCUT2D eigenvalue weighted by molar-refractivity contribution is -0.127. The molecule has 0 aromatic heterocycles. The molecular formula is C20H29N5O2. The molecule has 7 nitrogen and oxygen atoms in total. The average molecular weight is 371 g/mol. The third kappa shape index (κ3) is 5.17. The van der Waals surface area contributed by atoms with Gasteiger partial charge in [0.25, 0.3) is 5.91 Å². The maximum atomic E-state index is 13.0. The quantitative estimate of drug-likeness (QED) is 0.762. The Morgan fingerprint density at radius 1 is 1.19 bits per heavy atom. The van der Waals surface area contributed by atoms with Crippen molar-refractivity contribution in [2.45, 2.75) is 26.2 Å². The standard InChI is InChI=1S/C20H29N5O2/c1-4-9-25(10-5-8-21)20(27)16-11-14-6-7-15(19(26)24(2)3)12-17(14)23-18(22)13-16/h6-7,11-12H,4-5,8-10,13,21H2,1-3H3,(H2,22,23). The fourth-order valence-corrected chi connectivity index (χ4v) is 2.99. The molecular weight excluding hydrogens is 342 g/mol. The zero-order valence-corrected chi connectivity index (χ0v) is 16.4. The first-order valence-electron chi connectivity index (χ1n) is 9.26. The third-order valence-electron chi connectivity index (χ3n) is 4.34. The summed E-state index contributed by atoms with van der Waals surface area (Å²) < 4.78 is 0. The summed E-state index contributed by atoms with van der Waals surface area (Å²) in [5.41, 5.74) is 14.2. The number of rotatable bonds is 7. The lowest BCUT2D eigenvalue weighted by atomic mass is 10.0. The molecule has 1 aromatic carbocycles. The molecule has 146 valence electrons. The molecule has 0 atom stereocenters. The molecule has 4 N–H and O–H groups in total. The van der Waals surface area contributed by atoms with Crippen LogP contribution in [-0.2, 0) is 4.79 Å². The number of hydrogen-bond acceptors (Lipinski definition) is 5. The van der Waals surface area contributed by atoms with E-state index < -0.39 is 0 Å². The van der Waals surface area contributed by atoms with E-state index in [0.29, 0.717) is 42.3 Å². The molecule has 2 rings (SSSR count). The van der Waals surface area contributed by atoms with Gasteiger partial charge < -0.3 is 21.3 Å². The topological polar surface area (TPSA) is 105 Å². The van der Waals surface area contributed by atoms with Gasteiger partial charge in [0.2, 0.25) is 5.91 Å². The van der Waals surface area contributed by atoms with Gasteiger partial charge in [0.1, 0.15) is 5.84 Å². The number of nitrogens with two attached hydrogens (primary N) is 2. The molecule has 0 aliphatic carbocycles. The number of benzene rings is 1. The van der Waals surface area contributed by atoms with Gasteiger partial charge in [0.15, 0.2) is 0 Å². The summed E-state index contributed by atoms with van der Waals surface area (Å²) in [6, 6.07) is 5.27. The lowest BCUT2D eigenvalue weighted by Gasteiger charge is -2.23. The van der Waals surface area contributed by atoms with Gasteiger partial charge in [-0.25, -0.2) is 4.99 Å². The summed E-state index contributed by atoms with van der Waals surface area (Å²) in [7, 11) is 3.40. The Hall–Kier alpha value is -2.67. The van der Waals surface area contributed by atoms with E-state index >= 15 is 0 Å². The molecule has 1 aliphatic heterocycles. The van der Waals surface area contributed by atoms with Gasteiger partial charge in [-0.2, -0.15) is 0 Å². The minimum atomic E-state index is -0.105. The summed E-state index contributed by atoms with van der Waals surface area (Å²) >= 11 is 0. The number of amides is 2. The molecule has 0 fully saturated rings. The Balaban J connectivity index is 2.37. The maximum Gasteiger partial charge on any atom is 0.253 e. The van der Waals surface area contributed by atoms with Crippen LogP contribution in [0.3, 0.4) is 0 Å². The Kier molecular flexibility index (Phi) is 7.12. The van der Waals surface area contributed by atoms with E-state index in [1.165, 1.54) is 4.90 Å². The van der Waals surface area contributed by atoms with E-state index in [4.69, 9.17) is 11.5 Å². The number of fused-ring (bicyclic) bond motifs is 1. The van der Waals surface area contributed by atoms with Gasteiger partial charge in [-0.15, -0.1) is 0 Å². The molecule has 1 aliphatic rings. The minimum absolute atomic E-state index is 0.0373. The third-order valence-corrected chi connectivity index (χ3v) is 4.34. The average Bonchev–Trinajstić information content (AvgIpc) is 2.81. The van der Waals surface area contributed by atoms with Crippen LogP contribution in [0.5, 0.6) is 0 Å². The van der Waals surface area contributed by atoms with Crippen LogP contribution in [-0.4, -0.2) is 61.2 Å². The van der Waals surface area contributed by atoms with Crippen molar-refractivity contribution < 1.29 is 9.59 Å². The Morgan fingerprint density at radius 2 is 1.93 bits per heavy atom. The SMILES string of the molecule is CCCN(CCCN)C(=O)C1=Cc2ccc(C(=O)N(C)C)cc2N=C(N)C1. The first-order valence-corrected chi connectivity index (χ1v) is 9.26. The highest BCUT2D eigenvalue weighted by molar-refractivity contribution is 6.06. The van der Waals surface area contributed by atoms with Crippen molar-refractivity contribution in [3.63, 3.8) is 0 Å². The zero-order chi connectivity index (χ0) is 20.0. The number of carbonyl (C=O) groups is 2. The Labute approximate surface area is 160 Å². The number of hydrogen-bond donors (Lipinski definition) is 2. The van der Waals surface area contributed by atoms with E-state index in [1.807, 2.05) is 24.0 Å². The van der Waals surface area contributed by atoms with Crippen LogP contribution in [0.2, 0.25) is 0 Å². The van der Waals surface area contributed by atoms with Gasteiger partial charge in [0.05, 0.1) is 5.69 Å². The van der Waals surface area contributed by atoms with E-state index in [0.717, 1.165) is 18.4 Å². The van der Waals surface area contributed by atoms with Gasteiger partial charge in [0, 0.05) is 50.3 Å². The van der Waals surface area contributed by atoms with Crippen LogP contribution in [0, 0.1) is 0 Å². The number of nitrogens with zero attached hydrogens (tertiary/aromatic N) is 3. The minimum Gasteiger partial charge on any atom is -0.387 e. The summed E-state index contributed by atoms with van der Waals surface area (Å²) in [4.78, 5) is 33.0. The lowest BCUT2D eigenvalue weighted by Crippen LogP contribution is -2.35. The molecule has 0 unspecified atom stereocenters. The van der Waals surface area contributed by atoms with Gasteiger partial charge in [-0.05, 0) is 37.6 Å². The summed E-state index contributed by atoms with van der Waals surface area (Å²) in [6.07, 6.45) is 3.75. The smallest absolute Gasteiger partial charge is 0.253 e. The van der Waals surface area contributed by atoms with Gasteiger partial charge in [-0.1, -0.05) is 13.0 Å². The maximum absolute atomic E-state index is 13.0. The Bertz CT molecular complexity index is 768. The van der Waals surface area contributed by atoms with Crippen molar-refractivity contribution in [3.8, 4) is 0 Å². The summed E-state index contributed by atoms with van der Waals surface area (Å²) in [5, 5.41) is 0. The summed E-state index contributed by atoms with van der Waals surface area (Å²) in [5.74, 6) is 0.217. The monoisotopic (exact) mass is 371 g/mol. The number of aliphatic imine (C=N–C) groups is 1. The van der Waals surface area contributed by atoms with Crippen molar-refractivity contribution in [2.75, 3.05) is 33.7 Å². The van der Waals surface area contributed by atoms with Crippen LogP contribution in [0.25, 0.3) is 6.08 Å². The fourth-order valence-electron chi connectivity index (χ4n) is 2.99. The molecule has 0 spiro atoms. The number of carbonyl (C=O) groups excluding carboxylic acids is 2. The normalized spacial score (nSPS) is 13.2. The first-order chi connectivity index (χ1) is 12.9. The number of amidine groups is 1. The molecule has 0 saturated carbocycles. The molecule has 0 saturated heterocycles. The van der Waals surface area contributed by atoms with Crippen molar-refractivity contribution in [1.29, 1.82) is 0 Å². The highest BCUT2D eigenvalue weighted by Gasteiger charge is 2.21. The molecule has 27 heavy (non-hydrogen) atoms. The van der Waals surface area contributed by atoms with Crippen molar-refractivity contribution >= 4 is 29.4 Å². The molecule has 1 heterocycles. The van der Waals surface area contributed by atoms with Crippen molar-refractivity contribution in [3.05, 3.63) is 34.9 Å². The summed E-state index contributed by atoms with van der Waals surface area (Å²) in [6.45, 7) is 3.89. The highest BCUT2D eigenvalue weighted by Crippen LogP contribution is 2.28. The predicted molar refractivity (Wildman–Crippen MR) is 109 cm³/mol. The van der Waals surface area contributed by atoms with E-state index in [9.17, 15) is 9.59 Å². The van der Waals surface area contributed by atoms with Gasteiger partial charge in [-0.3, -0.25) is 9.59 Å². The van der Waals surface area contributed by atoms with Crippen LogP contribution in [0.15, 0.2) is 28.8 Å². The van der Waals surface area contributed by atoms with Crippen molar-refractivity contribution in [1.82, 2.24) is 9.80 Å². The fraction of sp³-hybridized carbons (Fsp3) is 0.450. The van der Waals surface area contributed by atoms with Crippen LogP contribution >= 0.6 is 0 Å². The first kappa shape index (κ1) is 20.6. The van der Waals surface area contributed by atoms with Gasteiger partial charge >= 0.3 is 0 Å². The van der Waals surface area contributed by atoms with E-state index in [-0.39, 0.29) is 18.2 Å². The molecule has 1 aromatic rings. The predicted octanol–water partition coefficient (Wildman–Crippen LogP) is 1.75. The second-order valence-electron chi connectivity index (χ2n) is 6.86. The molecule has 7 heteroatoms. The van der Waals surface area contributed by atoms with Crippen LogP contribution in [0.4, 0.5) is 5.69 Å². The van der Waals surface area contributed by atoms with E-state index in [2.05, 4.69) is 4.99 Å². The molecule has 0 bridgehead atoms. The Morgan fingerprint density at radius 3 is 2.56 bits per heavy atom. The van der Waals surface area contributed by atoms with Crippen LogP contribution in [0.1, 0.15) is 42.1 Å². The van der Waals surface area contributed by atoms with Crippen molar-refractivity contribution in [2.24, 2.45) is 16.5 Å². The largest absolute Gasteiger partial charge is 0.387 e. The molecule has 0 radical (unpaired) electrons. The second kappa shape index (κ2) is 9.32. The van der Waals surface area contributed by atoms with E-state index in [1.54, 1.807) is 26.2 Å². The highest BCUT2D eigenvalue weighted by atomic mass is 16.2. The second-order valence-corrected chi connectivity index (χ2v) is 6.86. The van der Waals surface area contributed by atoms with Crippen LogP contribution < -0.4 is 11.5 Å². The zero-order valence-electron chi connectivity index (χ0n) is 16.4.